The molecule has 0 bridgehead atoms. The predicted molar refractivity (Wildman–Crippen MR) is 95.5 cm³/mol. The molecule has 1 aromatic heterocycles. The smallest absolute Gasteiger partial charge is 0.193 e. The van der Waals surface area contributed by atoms with Crippen LogP contribution in [0.3, 0.4) is 0 Å². The van der Waals surface area contributed by atoms with Crippen LogP contribution in [0.5, 0.6) is 0 Å². The van der Waals surface area contributed by atoms with Crippen LogP contribution in [-0.2, 0) is 13.6 Å². The fraction of sp³-hybridized carbons (Fsp3) is 0.714. The molecule has 1 aromatic rings. The van der Waals surface area contributed by atoms with Gasteiger partial charge in [0.05, 0.1) is 6.20 Å². The Bertz CT molecular complexity index is 398. The minimum absolute atomic E-state index is 0. The van der Waals surface area contributed by atoms with E-state index in [0.717, 1.165) is 19.0 Å². The Balaban J connectivity index is 0.00000361. The SMILES string of the molecule is CCC(CC)CNC(=NC)N(C)Cc1cnn(C)c1.I. The highest BCUT2D eigenvalue weighted by atomic mass is 127. The number of aromatic nitrogens is 2. The zero-order valence-corrected chi connectivity index (χ0v) is 15.6. The first-order chi connectivity index (χ1) is 9.10. The Morgan fingerprint density at radius 1 is 1.45 bits per heavy atom. The fourth-order valence-corrected chi connectivity index (χ4v) is 2.10. The van der Waals surface area contributed by atoms with E-state index >= 15 is 0 Å². The van der Waals surface area contributed by atoms with Gasteiger partial charge >= 0.3 is 0 Å². The van der Waals surface area contributed by atoms with E-state index in [1.165, 1.54) is 18.4 Å². The summed E-state index contributed by atoms with van der Waals surface area (Å²) in [6.45, 7) is 6.27. The maximum absolute atomic E-state index is 4.34. The van der Waals surface area contributed by atoms with Crippen LogP contribution in [0.1, 0.15) is 32.3 Å². The summed E-state index contributed by atoms with van der Waals surface area (Å²) >= 11 is 0. The van der Waals surface area contributed by atoms with Crippen molar-refractivity contribution < 1.29 is 0 Å². The van der Waals surface area contributed by atoms with Gasteiger partial charge in [-0.05, 0) is 5.92 Å². The monoisotopic (exact) mass is 393 g/mol. The summed E-state index contributed by atoms with van der Waals surface area (Å²) in [5, 5.41) is 7.63. The molecule has 20 heavy (non-hydrogen) atoms. The van der Waals surface area contributed by atoms with Crippen LogP contribution in [0.25, 0.3) is 0 Å². The molecule has 1 N–H and O–H groups in total. The minimum Gasteiger partial charge on any atom is -0.356 e. The number of halogens is 1. The molecule has 5 nitrogen and oxygen atoms in total. The molecule has 0 aromatic carbocycles. The van der Waals surface area contributed by atoms with E-state index in [0.29, 0.717) is 5.92 Å². The molecule has 0 saturated carbocycles. The lowest BCUT2D eigenvalue weighted by molar-refractivity contribution is 0.440. The minimum atomic E-state index is 0. The highest BCUT2D eigenvalue weighted by Gasteiger charge is 2.09. The van der Waals surface area contributed by atoms with Crippen molar-refractivity contribution in [2.45, 2.75) is 33.2 Å². The first-order valence-electron chi connectivity index (χ1n) is 6.99. The van der Waals surface area contributed by atoms with Gasteiger partial charge in [-0.2, -0.15) is 5.10 Å². The number of nitrogens with one attached hydrogen (secondary N) is 1. The molecule has 0 unspecified atom stereocenters. The van der Waals surface area contributed by atoms with Crippen molar-refractivity contribution in [3.63, 3.8) is 0 Å². The Kier molecular flexibility index (Phi) is 9.62. The lowest BCUT2D eigenvalue weighted by atomic mass is 10.0. The highest BCUT2D eigenvalue weighted by molar-refractivity contribution is 14.0. The van der Waals surface area contributed by atoms with Crippen LogP contribution in [0.4, 0.5) is 0 Å². The maximum Gasteiger partial charge on any atom is 0.193 e. The van der Waals surface area contributed by atoms with Gasteiger partial charge < -0.3 is 10.2 Å². The van der Waals surface area contributed by atoms with Crippen LogP contribution < -0.4 is 5.32 Å². The summed E-state index contributed by atoms with van der Waals surface area (Å²) in [4.78, 5) is 6.46. The lowest BCUT2D eigenvalue weighted by Gasteiger charge is -2.23. The fourth-order valence-electron chi connectivity index (χ4n) is 2.10. The quantitative estimate of drug-likeness (QED) is 0.459. The van der Waals surface area contributed by atoms with Gasteiger partial charge in [-0.1, -0.05) is 26.7 Å². The number of rotatable bonds is 6. The molecule has 0 fully saturated rings. The normalized spacial score (nSPS) is 11.4. The second-order valence-corrected chi connectivity index (χ2v) is 4.99. The van der Waals surface area contributed by atoms with Gasteiger partial charge in [0.15, 0.2) is 5.96 Å². The molecule has 0 radical (unpaired) electrons. The molecule has 0 aliphatic carbocycles. The van der Waals surface area contributed by atoms with Crippen LogP contribution in [-0.4, -0.2) is 41.3 Å². The van der Waals surface area contributed by atoms with E-state index in [2.05, 4.69) is 41.2 Å². The van der Waals surface area contributed by atoms with E-state index in [1.54, 1.807) is 0 Å². The zero-order valence-electron chi connectivity index (χ0n) is 13.3. The number of nitrogens with zero attached hydrogens (tertiary/aromatic N) is 4. The zero-order chi connectivity index (χ0) is 14.3. The molecule has 0 saturated heterocycles. The molecule has 0 spiro atoms. The van der Waals surface area contributed by atoms with E-state index < -0.39 is 0 Å². The summed E-state index contributed by atoms with van der Waals surface area (Å²) < 4.78 is 1.82. The highest BCUT2D eigenvalue weighted by Crippen LogP contribution is 2.06. The Morgan fingerprint density at radius 2 is 2.10 bits per heavy atom. The molecule has 1 heterocycles. The molecular formula is C14H28IN5. The maximum atomic E-state index is 4.34. The van der Waals surface area contributed by atoms with Crippen molar-refractivity contribution in [1.29, 1.82) is 0 Å². The Hall–Kier alpha value is -0.790. The van der Waals surface area contributed by atoms with Crippen molar-refractivity contribution in [3.8, 4) is 0 Å². The average molecular weight is 393 g/mol. The van der Waals surface area contributed by atoms with Gasteiger partial charge in [0, 0.05) is 46.0 Å². The first-order valence-corrected chi connectivity index (χ1v) is 6.99. The van der Waals surface area contributed by atoms with Crippen molar-refractivity contribution in [2.24, 2.45) is 18.0 Å². The molecular weight excluding hydrogens is 365 g/mol. The standard InChI is InChI=1S/C14H27N5.HI/c1-6-12(7-2)8-16-14(15-3)18(4)10-13-9-17-19(5)11-13;/h9,11-12H,6-8,10H2,1-5H3,(H,15,16);1H. The largest absolute Gasteiger partial charge is 0.356 e. The molecule has 0 amide bonds. The second kappa shape index (κ2) is 10.0. The second-order valence-electron chi connectivity index (χ2n) is 4.99. The average Bonchev–Trinajstić information content (AvgIpc) is 2.80. The van der Waals surface area contributed by atoms with Crippen molar-refractivity contribution in [1.82, 2.24) is 20.0 Å². The first kappa shape index (κ1) is 19.2. The van der Waals surface area contributed by atoms with Crippen LogP contribution >= 0.6 is 24.0 Å². The number of aryl methyl sites for hydroxylation is 1. The third kappa shape index (κ3) is 6.11. The van der Waals surface area contributed by atoms with Crippen LogP contribution in [0.15, 0.2) is 17.4 Å². The van der Waals surface area contributed by atoms with E-state index in [9.17, 15) is 0 Å². The number of hydrogen-bond acceptors (Lipinski definition) is 2. The summed E-state index contributed by atoms with van der Waals surface area (Å²) in [5.74, 6) is 1.65. The van der Waals surface area contributed by atoms with Gasteiger partial charge in [-0.3, -0.25) is 9.67 Å². The summed E-state index contributed by atoms with van der Waals surface area (Å²) in [6, 6.07) is 0. The molecule has 1 rings (SSSR count). The summed E-state index contributed by atoms with van der Waals surface area (Å²) in [5.41, 5.74) is 1.19. The number of hydrogen-bond donors (Lipinski definition) is 1. The van der Waals surface area contributed by atoms with Gasteiger partial charge in [-0.25, -0.2) is 0 Å². The van der Waals surface area contributed by atoms with Crippen molar-refractivity contribution in [3.05, 3.63) is 18.0 Å². The Labute approximate surface area is 139 Å². The van der Waals surface area contributed by atoms with Crippen LogP contribution in [0, 0.1) is 5.92 Å². The Morgan fingerprint density at radius 3 is 2.55 bits per heavy atom. The van der Waals surface area contributed by atoms with Crippen molar-refractivity contribution >= 4 is 29.9 Å². The van der Waals surface area contributed by atoms with E-state index in [-0.39, 0.29) is 24.0 Å². The van der Waals surface area contributed by atoms with E-state index in [4.69, 9.17) is 0 Å². The predicted octanol–water partition coefficient (Wildman–Crippen LogP) is 2.48. The van der Waals surface area contributed by atoms with Gasteiger partial charge in [0.2, 0.25) is 0 Å². The molecule has 0 aliphatic rings. The van der Waals surface area contributed by atoms with Crippen LogP contribution in [0.2, 0.25) is 0 Å². The summed E-state index contributed by atoms with van der Waals surface area (Å²) in [6.07, 6.45) is 6.33. The number of aliphatic imine (C=N–C) groups is 1. The molecule has 6 heteroatoms. The molecule has 0 atom stereocenters. The van der Waals surface area contributed by atoms with E-state index in [1.807, 2.05) is 31.2 Å². The third-order valence-electron chi connectivity index (χ3n) is 3.46. The third-order valence-corrected chi connectivity index (χ3v) is 3.46. The molecule has 0 aliphatic heterocycles. The summed E-state index contributed by atoms with van der Waals surface area (Å²) in [7, 11) is 5.81. The van der Waals surface area contributed by atoms with Gasteiger partial charge in [-0.15, -0.1) is 24.0 Å². The van der Waals surface area contributed by atoms with Gasteiger partial charge in [0.25, 0.3) is 0 Å². The van der Waals surface area contributed by atoms with Crippen molar-refractivity contribution in [2.75, 3.05) is 20.6 Å². The molecule has 116 valence electrons. The number of guanidine groups is 1. The van der Waals surface area contributed by atoms with Gasteiger partial charge in [0.1, 0.15) is 0 Å². The topological polar surface area (TPSA) is 45.5 Å². The lowest BCUT2D eigenvalue weighted by Crippen LogP contribution is -2.40.